The predicted molar refractivity (Wildman–Crippen MR) is 67.7 cm³/mol. The normalized spacial score (nSPS) is 13.4. The van der Waals surface area contributed by atoms with E-state index in [0.29, 0.717) is 5.38 Å². The Hall–Kier alpha value is 0.210. The van der Waals surface area contributed by atoms with E-state index in [2.05, 4.69) is 26.1 Å². The molecule has 3 heteroatoms. The first-order valence-electron chi connectivity index (χ1n) is 6.09. The highest BCUT2D eigenvalue weighted by Crippen LogP contribution is 2.04. The number of ether oxygens (including phenoxy) is 1. The quantitative estimate of drug-likeness (QED) is 0.464. The molecule has 0 aromatic carbocycles. The Morgan fingerprint density at radius 3 is 2.47 bits per heavy atom. The molecule has 1 unspecified atom stereocenters. The van der Waals surface area contributed by atoms with Gasteiger partial charge in [0.25, 0.3) is 0 Å². The Morgan fingerprint density at radius 2 is 1.87 bits per heavy atom. The van der Waals surface area contributed by atoms with Crippen molar-refractivity contribution in [3.05, 3.63) is 0 Å². The van der Waals surface area contributed by atoms with Crippen LogP contribution in [0, 0.1) is 5.92 Å². The van der Waals surface area contributed by atoms with Gasteiger partial charge in [0.05, 0.1) is 6.61 Å². The molecule has 0 fully saturated rings. The Morgan fingerprint density at radius 1 is 1.13 bits per heavy atom. The molecule has 0 aromatic rings. The third-order valence-corrected chi connectivity index (χ3v) is 2.87. The molecule has 0 rings (SSSR count). The number of rotatable bonds is 10. The van der Waals surface area contributed by atoms with Gasteiger partial charge < -0.3 is 10.1 Å². The van der Waals surface area contributed by atoms with Gasteiger partial charge in [-0.15, -0.1) is 11.6 Å². The number of hydrogen-bond acceptors (Lipinski definition) is 2. The van der Waals surface area contributed by atoms with Crippen molar-refractivity contribution in [2.45, 2.75) is 45.4 Å². The summed E-state index contributed by atoms with van der Waals surface area (Å²) in [5, 5.41) is 3.65. The van der Waals surface area contributed by atoms with E-state index in [1.165, 1.54) is 0 Å². The fraction of sp³-hybridized carbons (Fsp3) is 1.00. The van der Waals surface area contributed by atoms with Gasteiger partial charge in [0.15, 0.2) is 0 Å². The number of nitrogens with one attached hydrogen (secondary N) is 1. The predicted octanol–water partition coefficient (Wildman–Crippen LogP) is 3.05. The average molecular weight is 236 g/mol. The summed E-state index contributed by atoms with van der Waals surface area (Å²) in [5.74, 6) is 0.736. The molecule has 1 N–H and O–H groups in total. The molecule has 15 heavy (non-hydrogen) atoms. The number of alkyl halides is 1. The van der Waals surface area contributed by atoms with Crippen molar-refractivity contribution in [1.29, 1.82) is 0 Å². The van der Waals surface area contributed by atoms with Crippen molar-refractivity contribution < 1.29 is 4.74 Å². The minimum Gasteiger partial charge on any atom is -0.380 e. The monoisotopic (exact) mass is 235 g/mol. The maximum absolute atomic E-state index is 5.99. The van der Waals surface area contributed by atoms with E-state index in [1.807, 2.05) is 0 Å². The minimum atomic E-state index is 0.319. The molecule has 0 aliphatic rings. The van der Waals surface area contributed by atoms with Crippen LogP contribution in [0.4, 0.5) is 0 Å². The first-order valence-corrected chi connectivity index (χ1v) is 6.53. The maximum Gasteiger partial charge on any atom is 0.0590 e. The molecule has 0 saturated carbocycles. The van der Waals surface area contributed by atoms with Gasteiger partial charge in [-0.1, -0.05) is 20.8 Å². The first kappa shape index (κ1) is 15.2. The number of halogens is 1. The zero-order valence-corrected chi connectivity index (χ0v) is 11.1. The van der Waals surface area contributed by atoms with Gasteiger partial charge >= 0.3 is 0 Å². The highest BCUT2D eigenvalue weighted by molar-refractivity contribution is 6.20. The van der Waals surface area contributed by atoms with Crippen LogP contribution in [0.1, 0.15) is 40.0 Å². The average Bonchev–Trinajstić information content (AvgIpc) is 2.21. The lowest BCUT2D eigenvalue weighted by atomic mass is 10.1. The van der Waals surface area contributed by atoms with Gasteiger partial charge in [0.2, 0.25) is 0 Å². The summed E-state index contributed by atoms with van der Waals surface area (Å²) in [6.07, 6.45) is 3.25. The van der Waals surface area contributed by atoms with E-state index in [1.54, 1.807) is 0 Å². The molecule has 92 valence electrons. The van der Waals surface area contributed by atoms with Crippen molar-refractivity contribution >= 4 is 11.6 Å². The summed E-state index contributed by atoms with van der Waals surface area (Å²) < 4.78 is 5.48. The fourth-order valence-corrected chi connectivity index (χ4v) is 1.26. The largest absolute Gasteiger partial charge is 0.380 e. The van der Waals surface area contributed by atoms with E-state index in [4.69, 9.17) is 16.3 Å². The molecule has 1 atom stereocenters. The molecular formula is C12H26ClNO. The van der Waals surface area contributed by atoms with Crippen LogP contribution in [-0.2, 0) is 4.74 Å². The lowest BCUT2D eigenvalue weighted by molar-refractivity contribution is 0.125. The zero-order chi connectivity index (χ0) is 11.5. The maximum atomic E-state index is 5.99. The van der Waals surface area contributed by atoms with Gasteiger partial charge in [-0.3, -0.25) is 0 Å². The standard InChI is InChI=1S/C12H26ClNO/c1-4-12(13)5-7-14-8-10-15-9-6-11(2)3/h11-12,14H,4-10H2,1-3H3. The van der Waals surface area contributed by atoms with Gasteiger partial charge in [0, 0.05) is 18.5 Å². The van der Waals surface area contributed by atoms with Crippen molar-refractivity contribution in [3.63, 3.8) is 0 Å². The molecule has 2 nitrogen and oxygen atoms in total. The van der Waals surface area contributed by atoms with Crippen LogP contribution in [0.15, 0.2) is 0 Å². The summed E-state index contributed by atoms with van der Waals surface area (Å²) in [7, 11) is 0. The van der Waals surface area contributed by atoms with E-state index < -0.39 is 0 Å². The van der Waals surface area contributed by atoms with E-state index in [0.717, 1.165) is 51.5 Å². The van der Waals surface area contributed by atoms with Gasteiger partial charge in [-0.2, -0.15) is 0 Å². The Labute approximate surface area is 99.7 Å². The second-order valence-corrected chi connectivity index (χ2v) is 4.96. The molecule has 0 heterocycles. The minimum absolute atomic E-state index is 0.319. The summed E-state index contributed by atoms with van der Waals surface area (Å²) in [5.41, 5.74) is 0. The van der Waals surface area contributed by atoms with Gasteiger partial charge in [0.1, 0.15) is 0 Å². The highest BCUT2D eigenvalue weighted by Gasteiger charge is 1.99. The Balaban J connectivity index is 2.99. The molecule has 0 spiro atoms. The van der Waals surface area contributed by atoms with Crippen LogP contribution in [-0.4, -0.2) is 31.7 Å². The summed E-state index contributed by atoms with van der Waals surface area (Å²) in [4.78, 5) is 0. The summed E-state index contributed by atoms with van der Waals surface area (Å²) in [6.45, 7) is 10.2. The van der Waals surface area contributed by atoms with E-state index >= 15 is 0 Å². The third kappa shape index (κ3) is 12.1. The summed E-state index contributed by atoms with van der Waals surface area (Å²) >= 11 is 5.99. The molecule has 0 aromatic heterocycles. The van der Waals surface area contributed by atoms with Crippen molar-refractivity contribution in [2.24, 2.45) is 5.92 Å². The van der Waals surface area contributed by atoms with E-state index in [-0.39, 0.29) is 0 Å². The van der Waals surface area contributed by atoms with Gasteiger partial charge in [-0.05, 0) is 31.7 Å². The Kier molecular flexibility index (Phi) is 10.9. The second-order valence-electron chi connectivity index (χ2n) is 4.34. The molecule has 0 saturated heterocycles. The second kappa shape index (κ2) is 10.7. The van der Waals surface area contributed by atoms with Crippen molar-refractivity contribution in [2.75, 3.05) is 26.3 Å². The van der Waals surface area contributed by atoms with E-state index in [9.17, 15) is 0 Å². The van der Waals surface area contributed by atoms with Crippen LogP contribution in [0.5, 0.6) is 0 Å². The molecule has 0 amide bonds. The zero-order valence-electron chi connectivity index (χ0n) is 10.4. The SMILES string of the molecule is CCC(Cl)CCNCCOCCC(C)C. The lowest BCUT2D eigenvalue weighted by Crippen LogP contribution is -2.23. The molecule has 0 bridgehead atoms. The van der Waals surface area contributed by atoms with Crippen molar-refractivity contribution in [3.8, 4) is 0 Å². The highest BCUT2D eigenvalue weighted by atomic mass is 35.5. The summed E-state index contributed by atoms with van der Waals surface area (Å²) in [6, 6.07) is 0. The number of hydrogen-bond donors (Lipinski definition) is 1. The van der Waals surface area contributed by atoms with Crippen molar-refractivity contribution in [1.82, 2.24) is 5.32 Å². The molecular weight excluding hydrogens is 210 g/mol. The molecule has 0 radical (unpaired) electrons. The van der Waals surface area contributed by atoms with Crippen LogP contribution >= 0.6 is 11.6 Å². The first-order chi connectivity index (χ1) is 7.16. The fourth-order valence-electron chi connectivity index (χ4n) is 1.15. The topological polar surface area (TPSA) is 21.3 Å². The van der Waals surface area contributed by atoms with Crippen LogP contribution < -0.4 is 5.32 Å². The molecule has 0 aliphatic carbocycles. The third-order valence-electron chi connectivity index (χ3n) is 2.34. The molecule has 0 aliphatic heterocycles. The van der Waals surface area contributed by atoms with Crippen LogP contribution in [0.3, 0.4) is 0 Å². The Bertz CT molecular complexity index is 131. The smallest absolute Gasteiger partial charge is 0.0590 e. The van der Waals surface area contributed by atoms with Crippen LogP contribution in [0.25, 0.3) is 0 Å². The lowest BCUT2D eigenvalue weighted by Gasteiger charge is -2.09. The van der Waals surface area contributed by atoms with Gasteiger partial charge in [-0.25, -0.2) is 0 Å². The van der Waals surface area contributed by atoms with Crippen LogP contribution in [0.2, 0.25) is 0 Å².